The van der Waals surface area contributed by atoms with Crippen molar-refractivity contribution in [3.63, 3.8) is 0 Å². The molecule has 2 rings (SSSR count). The van der Waals surface area contributed by atoms with Crippen molar-refractivity contribution < 1.29 is 4.79 Å². The predicted molar refractivity (Wildman–Crippen MR) is 70.3 cm³/mol. The van der Waals surface area contributed by atoms with Gasteiger partial charge in [-0.15, -0.1) is 0 Å². The number of nitrogens with two attached hydrogens (primary N) is 1. The molecule has 0 spiro atoms. The van der Waals surface area contributed by atoms with Crippen LogP contribution in [0.3, 0.4) is 0 Å². The molecule has 17 heavy (non-hydrogen) atoms. The lowest BCUT2D eigenvalue weighted by Gasteiger charge is -2.04. The van der Waals surface area contributed by atoms with E-state index in [1.807, 2.05) is 42.5 Å². The Morgan fingerprint density at radius 2 is 1.76 bits per heavy atom. The second-order valence-corrected chi connectivity index (χ2v) is 4.15. The molecule has 2 aromatic rings. The number of hydrogen-bond donors (Lipinski definition) is 1. The molecule has 0 atom stereocenters. The van der Waals surface area contributed by atoms with Gasteiger partial charge < -0.3 is 5.73 Å². The van der Waals surface area contributed by atoms with Gasteiger partial charge in [-0.3, -0.25) is 4.79 Å². The first-order valence-electron chi connectivity index (χ1n) is 5.30. The molecular formula is C14H12ClNO. The van der Waals surface area contributed by atoms with Crippen LogP contribution in [0.15, 0.2) is 48.5 Å². The van der Waals surface area contributed by atoms with Gasteiger partial charge in [0.1, 0.15) is 0 Å². The average Bonchev–Trinajstić information content (AvgIpc) is 2.39. The highest BCUT2D eigenvalue weighted by Crippen LogP contribution is 2.22. The van der Waals surface area contributed by atoms with Crippen LogP contribution in [0.2, 0.25) is 5.02 Å². The molecule has 0 radical (unpaired) electrons. The molecule has 0 bridgehead atoms. The van der Waals surface area contributed by atoms with Crippen molar-refractivity contribution in [2.45, 2.75) is 0 Å². The van der Waals surface area contributed by atoms with Gasteiger partial charge in [0.15, 0.2) is 5.78 Å². The normalized spacial score (nSPS) is 10.2. The van der Waals surface area contributed by atoms with E-state index in [4.69, 9.17) is 17.3 Å². The molecule has 86 valence electrons. The summed E-state index contributed by atoms with van der Waals surface area (Å²) in [5.41, 5.74) is 8.00. The quantitative estimate of drug-likeness (QED) is 0.845. The lowest BCUT2D eigenvalue weighted by Crippen LogP contribution is -2.13. The number of carbonyl (C=O) groups excluding carboxylic acids is 1. The first-order chi connectivity index (χ1) is 8.20. The first kappa shape index (κ1) is 11.8. The van der Waals surface area contributed by atoms with Crippen molar-refractivity contribution in [2.24, 2.45) is 5.73 Å². The highest BCUT2D eigenvalue weighted by Gasteiger charge is 2.05. The lowest BCUT2D eigenvalue weighted by atomic mass is 10.0. The molecule has 0 amide bonds. The minimum Gasteiger partial charge on any atom is -0.324 e. The number of ketones is 1. The van der Waals surface area contributed by atoms with E-state index in [1.54, 1.807) is 6.07 Å². The molecule has 0 aliphatic heterocycles. The summed E-state index contributed by atoms with van der Waals surface area (Å²) in [5, 5.41) is 0.697. The number of hydrogen-bond acceptors (Lipinski definition) is 2. The van der Waals surface area contributed by atoms with Crippen LogP contribution in [0.5, 0.6) is 0 Å². The van der Waals surface area contributed by atoms with E-state index in [0.717, 1.165) is 11.1 Å². The molecular weight excluding hydrogens is 234 g/mol. The second kappa shape index (κ2) is 5.13. The van der Waals surface area contributed by atoms with Gasteiger partial charge in [0.25, 0.3) is 0 Å². The van der Waals surface area contributed by atoms with Crippen LogP contribution in [-0.2, 0) is 0 Å². The third-order valence-electron chi connectivity index (χ3n) is 2.55. The topological polar surface area (TPSA) is 43.1 Å². The van der Waals surface area contributed by atoms with Crippen molar-refractivity contribution in [1.29, 1.82) is 0 Å². The van der Waals surface area contributed by atoms with E-state index >= 15 is 0 Å². The maximum atomic E-state index is 11.5. The zero-order chi connectivity index (χ0) is 12.3. The molecule has 0 aliphatic carbocycles. The van der Waals surface area contributed by atoms with Crippen molar-refractivity contribution in [3.05, 3.63) is 59.1 Å². The van der Waals surface area contributed by atoms with E-state index in [1.165, 1.54) is 0 Å². The van der Waals surface area contributed by atoms with Crippen LogP contribution in [0.4, 0.5) is 0 Å². The number of benzene rings is 2. The monoisotopic (exact) mass is 245 g/mol. The van der Waals surface area contributed by atoms with Crippen molar-refractivity contribution in [1.82, 2.24) is 0 Å². The zero-order valence-electron chi connectivity index (χ0n) is 9.19. The van der Waals surface area contributed by atoms with Gasteiger partial charge in [0.05, 0.1) is 6.54 Å². The third kappa shape index (κ3) is 2.73. The largest absolute Gasteiger partial charge is 0.324 e. The smallest absolute Gasteiger partial charge is 0.176 e. The predicted octanol–water partition coefficient (Wildman–Crippen LogP) is 3.15. The number of rotatable bonds is 3. The molecule has 2 N–H and O–H groups in total. The number of carbonyl (C=O) groups is 1. The van der Waals surface area contributed by atoms with E-state index in [-0.39, 0.29) is 12.3 Å². The SMILES string of the molecule is NCC(=O)c1cccc(-c2ccc(Cl)cc2)c1. The highest BCUT2D eigenvalue weighted by atomic mass is 35.5. The van der Waals surface area contributed by atoms with Crippen molar-refractivity contribution >= 4 is 17.4 Å². The van der Waals surface area contributed by atoms with E-state index in [9.17, 15) is 4.79 Å². The first-order valence-corrected chi connectivity index (χ1v) is 5.68. The van der Waals surface area contributed by atoms with Crippen LogP contribution < -0.4 is 5.73 Å². The second-order valence-electron chi connectivity index (χ2n) is 3.71. The fraction of sp³-hybridized carbons (Fsp3) is 0.0714. The fourth-order valence-electron chi connectivity index (χ4n) is 1.63. The molecule has 0 fully saturated rings. The Morgan fingerprint density at radius 3 is 2.41 bits per heavy atom. The molecule has 0 saturated carbocycles. The highest BCUT2D eigenvalue weighted by molar-refractivity contribution is 6.30. The summed E-state index contributed by atoms with van der Waals surface area (Å²) >= 11 is 5.83. The van der Waals surface area contributed by atoms with Gasteiger partial charge >= 0.3 is 0 Å². The molecule has 2 aromatic carbocycles. The molecule has 0 saturated heterocycles. The van der Waals surface area contributed by atoms with E-state index < -0.39 is 0 Å². The number of halogens is 1. The maximum absolute atomic E-state index is 11.5. The fourth-order valence-corrected chi connectivity index (χ4v) is 1.76. The summed E-state index contributed by atoms with van der Waals surface area (Å²) in [6.07, 6.45) is 0. The Hall–Kier alpha value is -1.64. The summed E-state index contributed by atoms with van der Waals surface area (Å²) < 4.78 is 0. The molecule has 3 heteroatoms. The van der Waals surface area contributed by atoms with Crippen LogP contribution in [0.25, 0.3) is 11.1 Å². The Bertz CT molecular complexity index is 534. The molecule has 0 aromatic heterocycles. The van der Waals surface area contributed by atoms with Crippen LogP contribution in [0.1, 0.15) is 10.4 Å². The Labute approximate surface area is 105 Å². The summed E-state index contributed by atoms with van der Waals surface area (Å²) in [5.74, 6) is -0.0548. The summed E-state index contributed by atoms with van der Waals surface area (Å²) in [7, 11) is 0. The van der Waals surface area contributed by atoms with Gasteiger partial charge in [-0.05, 0) is 29.3 Å². The summed E-state index contributed by atoms with van der Waals surface area (Å²) in [6.45, 7) is 0.0318. The lowest BCUT2D eigenvalue weighted by molar-refractivity contribution is 0.100. The van der Waals surface area contributed by atoms with Crippen molar-refractivity contribution in [2.75, 3.05) is 6.54 Å². The van der Waals surface area contributed by atoms with Gasteiger partial charge in [-0.25, -0.2) is 0 Å². The molecule has 2 nitrogen and oxygen atoms in total. The van der Waals surface area contributed by atoms with Crippen LogP contribution in [-0.4, -0.2) is 12.3 Å². The summed E-state index contributed by atoms with van der Waals surface area (Å²) in [6, 6.07) is 14.9. The third-order valence-corrected chi connectivity index (χ3v) is 2.80. The molecule has 0 unspecified atom stereocenters. The average molecular weight is 246 g/mol. The van der Waals surface area contributed by atoms with E-state index in [0.29, 0.717) is 10.6 Å². The van der Waals surface area contributed by atoms with Gasteiger partial charge in [0, 0.05) is 10.6 Å². The zero-order valence-corrected chi connectivity index (χ0v) is 9.95. The van der Waals surface area contributed by atoms with Gasteiger partial charge in [-0.2, -0.15) is 0 Å². The minimum absolute atomic E-state index is 0.0318. The standard InChI is InChI=1S/C14H12ClNO/c15-13-6-4-10(5-7-13)11-2-1-3-12(8-11)14(17)9-16/h1-8H,9,16H2. The maximum Gasteiger partial charge on any atom is 0.176 e. The Balaban J connectivity index is 2.39. The molecule has 0 aliphatic rings. The van der Waals surface area contributed by atoms with Crippen LogP contribution >= 0.6 is 11.6 Å². The molecule has 0 heterocycles. The summed E-state index contributed by atoms with van der Waals surface area (Å²) in [4.78, 5) is 11.5. The van der Waals surface area contributed by atoms with Gasteiger partial charge in [-0.1, -0.05) is 41.9 Å². The minimum atomic E-state index is -0.0548. The van der Waals surface area contributed by atoms with E-state index in [2.05, 4.69) is 0 Å². The van der Waals surface area contributed by atoms with Crippen LogP contribution in [0, 0.1) is 0 Å². The van der Waals surface area contributed by atoms with Gasteiger partial charge in [0.2, 0.25) is 0 Å². The van der Waals surface area contributed by atoms with Crippen molar-refractivity contribution in [3.8, 4) is 11.1 Å². The Kier molecular flexibility index (Phi) is 3.57. The number of Topliss-reactive ketones (excluding diaryl/α,β-unsaturated/α-hetero) is 1. The Morgan fingerprint density at radius 1 is 1.06 bits per heavy atom.